The minimum atomic E-state index is -4.54. The van der Waals surface area contributed by atoms with Crippen molar-refractivity contribution in [3.8, 4) is 0 Å². The molecule has 0 aromatic carbocycles. The SMILES string of the molecule is CC(=O)c1c(C)[nH]c(C(=O)OCC(=O)NCC(F)(F)F)c1C.CN(C)C=O. The predicted octanol–water partition coefficient (Wildman–Crippen LogP) is 1.37. The van der Waals surface area contributed by atoms with Crippen LogP contribution in [0.5, 0.6) is 0 Å². The van der Waals surface area contributed by atoms with Crippen molar-refractivity contribution >= 4 is 24.1 Å². The number of hydrogen-bond acceptors (Lipinski definition) is 5. The van der Waals surface area contributed by atoms with Crippen LogP contribution in [0.2, 0.25) is 0 Å². The molecule has 27 heavy (non-hydrogen) atoms. The number of ether oxygens (including phenoxy) is 1. The fourth-order valence-electron chi connectivity index (χ4n) is 1.94. The van der Waals surface area contributed by atoms with Crippen LogP contribution < -0.4 is 5.32 Å². The lowest BCUT2D eigenvalue weighted by Crippen LogP contribution is -2.36. The van der Waals surface area contributed by atoms with E-state index in [1.54, 1.807) is 26.3 Å². The Kier molecular flexibility index (Phi) is 9.24. The maximum atomic E-state index is 11.9. The number of ketones is 1. The molecule has 1 aromatic rings. The van der Waals surface area contributed by atoms with E-state index in [-0.39, 0.29) is 11.5 Å². The molecule has 2 N–H and O–H groups in total. The number of Topliss-reactive ketones (excluding diaryl/α,β-unsaturated/α-hetero) is 1. The molecule has 0 aliphatic heterocycles. The van der Waals surface area contributed by atoms with E-state index >= 15 is 0 Å². The summed E-state index contributed by atoms with van der Waals surface area (Å²) in [5.41, 5.74) is 1.17. The normalized spacial score (nSPS) is 10.4. The molecular weight excluding hydrogens is 371 g/mol. The number of aromatic amines is 1. The van der Waals surface area contributed by atoms with E-state index in [1.165, 1.54) is 18.7 Å². The summed E-state index contributed by atoms with van der Waals surface area (Å²) in [6.07, 6.45) is -3.79. The predicted molar refractivity (Wildman–Crippen MR) is 89.4 cm³/mol. The highest BCUT2D eigenvalue weighted by Gasteiger charge is 2.28. The lowest BCUT2D eigenvalue weighted by Gasteiger charge is -2.08. The smallest absolute Gasteiger partial charge is 0.405 e. The number of hydrogen-bond donors (Lipinski definition) is 2. The van der Waals surface area contributed by atoms with Gasteiger partial charge < -0.3 is 19.9 Å². The molecule has 2 amide bonds. The largest absolute Gasteiger partial charge is 0.451 e. The number of H-pyrrole nitrogens is 1. The summed E-state index contributed by atoms with van der Waals surface area (Å²) in [6.45, 7) is 2.11. The van der Waals surface area contributed by atoms with Crippen LogP contribution >= 0.6 is 0 Å². The number of nitrogens with one attached hydrogen (secondary N) is 2. The minimum Gasteiger partial charge on any atom is -0.451 e. The number of aromatic nitrogens is 1. The van der Waals surface area contributed by atoms with Gasteiger partial charge in [0.15, 0.2) is 12.4 Å². The molecule has 1 rings (SSSR count). The lowest BCUT2D eigenvalue weighted by atomic mass is 10.1. The van der Waals surface area contributed by atoms with Gasteiger partial charge in [0, 0.05) is 25.4 Å². The van der Waals surface area contributed by atoms with Crippen LogP contribution in [0, 0.1) is 13.8 Å². The summed E-state index contributed by atoms with van der Waals surface area (Å²) in [5.74, 6) is -2.23. The van der Waals surface area contributed by atoms with Crippen molar-refractivity contribution in [2.45, 2.75) is 26.9 Å². The molecule has 1 aromatic heterocycles. The van der Waals surface area contributed by atoms with Crippen LogP contribution in [-0.4, -0.2) is 67.4 Å². The molecule has 0 saturated carbocycles. The number of halogens is 3. The van der Waals surface area contributed by atoms with Gasteiger partial charge >= 0.3 is 12.1 Å². The summed E-state index contributed by atoms with van der Waals surface area (Å²) >= 11 is 0. The minimum absolute atomic E-state index is 0.00804. The monoisotopic (exact) mass is 393 g/mol. The standard InChI is InChI=1S/C13H15F3N2O4.C3H7NO/c1-6-10(8(3)19)7(2)18-11(6)12(21)22-4-9(20)17-5-13(14,15)16;1-4(2)3-5/h18H,4-5H2,1-3H3,(H,17,20);3H,1-2H3. The van der Waals surface area contributed by atoms with Gasteiger partial charge in [-0.3, -0.25) is 14.4 Å². The molecule has 0 fully saturated rings. The van der Waals surface area contributed by atoms with E-state index in [4.69, 9.17) is 0 Å². The van der Waals surface area contributed by atoms with Crippen molar-refractivity contribution in [1.29, 1.82) is 0 Å². The van der Waals surface area contributed by atoms with Gasteiger partial charge in [-0.15, -0.1) is 0 Å². The Labute approximate surface area is 154 Å². The molecule has 0 radical (unpaired) electrons. The van der Waals surface area contributed by atoms with Crippen LogP contribution in [-0.2, 0) is 14.3 Å². The second-order valence-electron chi connectivity index (χ2n) is 5.72. The maximum absolute atomic E-state index is 11.9. The third kappa shape index (κ3) is 8.88. The van der Waals surface area contributed by atoms with Gasteiger partial charge in [-0.25, -0.2) is 4.79 Å². The van der Waals surface area contributed by atoms with Gasteiger partial charge in [0.05, 0.1) is 0 Å². The van der Waals surface area contributed by atoms with Gasteiger partial charge in [0.1, 0.15) is 12.2 Å². The Morgan fingerprint density at radius 1 is 1.22 bits per heavy atom. The van der Waals surface area contributed by atoms with Crippen LogP contribution in [0.1, 0.15) is 39.0 Å². The summed E-state index contributed by atoms with van der Waals surface area (Å²) < 4.78 is 40.3. The van der Waals surface area contributed by atoms with Gasteiger partial charge in [-0.2, -0.15) is 13.2 Å². The number of carbonyl (C=O) groups excluding carboxylic acids is 4. The zero-order valence-corrected chi connectivity index (χ0v) is 15.6. The Balaban J connectivity index is 0.00000119. The average molecular weight is 393 g/mol. The van der Waals surface area contributed by atoms with Crippen LogP contribution in [0.25, 0.3) is 0 Å². The number of rotatable bonds is 6. The molecule has 0 bridgehead atoms. The Hall–Kier alpha value is -2.85. The first-order valence-corrected chi connectivity index (χ1v) is 7.62. The summed E-state index contributed by atoms with van der Waals surface area (Å²) in [5, 5.41) is 1.57. The van der Waals surface area contributed by atoms with Crippen molar-refractivity contribution < 1.29 is 37.1 Å². The molecule has 0 spiro atoms. The van der Waals surface area contributed by atoms with Gasteiger partial charge in [0.25, 0.3) is 5.91 Å². The van der Waals surface area contributed by atoms with Gasteiger partial charge in [-0.1, -0.05) is 0 Å². The topological polar surface area (TPSA) is 109 Å². The molecule has 152 valence electrons. The summed E-state index contributed by atoms with van der Waals surface area (Å²) in [7, 11) is 3.38. The average Bonchev–Trinajstić information content (AvgIpc) is 2.85. The Morgan fingerprint density at radius 3 is 2.11 bits per heavy atom. The second kappa shape index (κ2) is 10.3. The first kappa shape index (κ1) is 24.1. The zero-order chi connectivity index (χ0) is 21.4. The highest BCUT2D eigenvalue weighted by Crippen LogP contribution is 2.19. The number of carbonyl (C=O) groups is 4. The van der Waals surface area contributed by atoms with E-state index in [1.807, 2.05) is 0 Å². The van der Waals surface area contributed by atoms with Crippen LogP contribution in [0.15, 0.2) is 0 Å². The second-order valence-corrected chi connectivity index (χ2v) is 5.72. The fraction of sp³-hybridized carbons (Fsp3) is 0.500. The number of aryl methyl sites for hydroxylation is 1. The molecule has 11 heteroatoms. The van der Waals surface area contributed by atoms with E-state index in [0.717, 1.165) is 6.41 Å². The number of nitrogens with zero attached hydrogens (tertiary/aromatic N) is 1. The van der Waals surface area contributed by atoms with Crippen molar-refractivity contribution in [3.05, 3.63) is 22.5 Å². The van der Waals surface area contributed by atoms with E-state index < -0.39 is 31.2 Å². The number of amides is 2. The maximum Gasteiger partial charge on any atom is 0.405 e. The molecule has 0 atom stereocenters. The highest BCUT2D eigenvalue weighted by atomic mass is 19.4. The van der Waals surface area contributed by atoms with Gasteiger partial charge in [0.2, 0.25) is 6.41 Å². The van der Waals surface area contributed by atoms with E-state index in [0.29, 0.717) is 16.8 Å². The third-order valence-corrected chi connectivity index (χ3v) is 3.02. The summed E-state index contributed by atoms with van der Waals surface area (Å²) in [6, 6.07) is 0. The van der Waals surface area contributed by atoms with Crippen molar-refractivity contribution in [3.63, 3.8) is 0 Å². The first-order chi connectivity index (χ1) is 12.3. The fourth-order valence-corrected chi connectivity index (χ4v) is 1.94. The third-order valence-electron chi connectivity index (χ3n) is 3.02. The zero-order valence-electron chi connectivity index (χ0n) is 15.6. The molecule has 1 heterocycles. The molecule has 0 aliphatic rings. The van der Waals surface area contributed by atoms with E-state index in [9.17, 15) is 32.3 Å². The van der Waals surface area contributed by atoms with Crippen molar-refractivity contribution in [1.82, 2.24) is 15.2 Å². The first-order valence-electron chi connectivity index (χ1n) is 7.62. The summed E-state index contributed by atoms with van der Waals surface area (Å²) in [4.78, 5) is 47.9. The highest BCUT2D eigenvalue weighted by molar-refractivity contribution is 6.01. The molecule has 0 saturated heterocycles. The van der Waals surface area contributed by atoms with E-state index in [2.05, 4.69) is 9.72 Å². The molecule has 0 unspecified atom stereocenters. The van der Waals surface area contributed by atoms with Crippen molar-refractivity contribution in [2.75, 3.05) is 27.2 Å². The Morgan fingerprint density at radius 2 is 1.74 bits per heavy atom. The Bertz CT molecular complexity index is 696. The lowest BCUT2D eigenvalue weighted by molar-refractivity contribution is -0.140. The number of alkyl halides is 3. The number of esters is 1. The van der Waals surface area contributed by atoms with Crippen LogP contribution in [0.3, 0.4) is 0 Å². The van der Waals surface area contributed by atoms with Crippen LogP contribution in [0.4, 0.5) is 13.2 Å². The quantitative estimate of drug-likeness (QED) is 0.431. The molecular formula is C16H22F3N3O5. The molecule has 8 nitrogen and oxygen atoms in total. The van der Waals surface area contributed by atoms with Crippen molar-refractivity contribution in [2.24, 2.45) is 0 Å². The van der Waals surface area contributed by atoms with Gasteiger partial charge in [-0.05, 0) is 26.3 Å². The molecule has 0 aliphatic carbocycles.